The van der Waals surface area contributed by atoms with Crippen LogP contribution in [0.1, 0.15) is 26.3 Å². The summed E-state index contributed by atoms with van der Waals surface area (Å²) in [5, 5.41) is 11.5. The van der Waals surface area contributed by atoms with Crippen LogP contribution < -0.4 is 5.32 Å². The van der Waals surface area contributed by atoms with Crippen LogP contribution in [0.15, 0.2) is 24.3 Å². The molecule has 16 heavy (non-hydrogen) atoms. The lowest BCUT2D eigenvalue weighted by molar-refractivity contribution is -0.121. The summed E-state index contributed by atoms with van der Waals surface area (Å²) < 4.78 is 0. The summed E-state index contributed by atoms with van der Waals surface area (Å²) in [5.41, 5.74) is 0.951. The number of amides is 1. The first-order valence-corrected chi connectivity index (χ1v) is 5.31. The summed E-state index contributed by atoms with van der Waals surface area (Å²) in [5.74, 6) is -0.278. The SMILES string of the molecule is CCc1ccc(NC(=O)C(C)(C)C#N)cc1. The van der Waals surface area contributed by atoms with Crippen LogP contribution in [0.4, 0.5) is 5.69 Å². The first-order valence-electron chi connectivity index (χ1n) is 5.31. The topological polar surface area (TPSA) is 52.9 Å². The molecule has 0 fully saturated rings. The highest BCUT2D eigenvalue weighted by Crippen LogP contribution is 2.17. The predicted octanol–water partition coefficient (Wildman–Crippen LogP) is 2.74. The van der Waals surface area contributed by atoms with E-state index in [2.05, 4.69) is 12.2 Å². The number of nitrogens with one attached hydrogen (secondary N) is 1. The Hall–Kier alpha value is -1.82. The monoisotopic (exact) mass is 216 g/mol. The maximum Gasteiger partial charge on any atom is 0.244 e. The normalized spacial score (nSPS) is 10.6. The van der Waals surface area contributed by atoms with Gasteiger partial charge < -0.3 is 5.32 Å². The Balaban J connectivity index is 2.75. The van der Waals surface area contributed by atoms with Crippen molar-refractivity contribution in [1.29, 1.82) is 5.26 Å². The number of anilines is 1. The van der Waals surface area contributed by atoms with E-state index >= 15 is 0 Å². The third kappa shape index (κ3) is 2.83. The Bertz CT molecular complexity index is 413. The molecular formula is C13H16N2O. The number of hydrogen-bond acceptors (Lipinski definition) is 2. The summed E-state index contributed by atoms with van der Waals surface area (Å²) in [6.07, 6.45) is 0.970. The number of carbonyl (C=O) groups is 1. The Morgan fingerprint density at radius 3 is 2.38 bits per heavy atom. The largest absolute Gasteiger partial charge is 0.325 e. The lowest BCUT2D eigenvalue weighted by Gasteiger charge is -2.15. The van der Waals surface area contributed by atoms with Gasteiger partial charge in [-0.15, -0.1) is 0 Å². The van der Waals surface area contributed by atoms with Gasteiger partial charge in [-0.3, -0.25) is 4.79 Å². The van der Waals surface area contributed by atoms with Crippen LogP contribution in [-0.2, 0) is 11.2 Å². The first kappa shape index (κ1) is 12.3. The minimum atomic E-state index is -0.997. The molecule has 0 aliphatic heterocycles. The maximum atomic E-state index is 11.7. The van der Waals surface area contributed by atoms with Gasteiger partial charge in [0.25, 0.3) is 0 Å². The molecule has 84 valence electrons. The molecule has 1 aromatic carbocycles. The van der Waals surface area contributed by atoms with E-state index in [0.29, 0.717) is 0 Å². The van der Waals surface area contributed by atoms with Gasteiger partial charge in [-0.2, -0.15) is 5.26 Å². The van der Waals surface area contributed by atoms with Crippen LogP contribution in [0.5, 0.6) is 0 Å². The van der Waals surface area contributed by atoms with Crippen LogP contribution in [0.2, 0.25) is 0 Å². The fraction of sp³-hybridized carbons (Fsp3) is 0.385. The van der Waals surface area contributed by atoms with Crippen LogP contribution in [-0.4, -0.2) is 5.91 Å². The van der Waals surface area contributed by atoms with Gasteiger partial charge in [-0.25, -0.2) is 0 Å². The molecule has 0 bridgehead atoms. The number of rotatable bonds is 3. The predicted molar refractivity (Wildman–Crippen MR) is 63.8 cm³/mol. The van der Waals surface area contributed by atoms with E-state index in [0.717, 1.165) is 12.1 Å². The number of aryl methyl sites for hydroxylation is 1. The molecule has 0 saturated heterocycles. The van der Waals surface area contributed by atoms with Crippen molar-refractivity contribution in [3.8, 4) is 6.07 Å². The molecular weight excluding hydrogens is 200 g/mol. The Morgan fingerprint density at radius 1 is 1.38 bits per heavy atom. The van der Waals surface area contributed by atoms with E-state index < -0.39 is 5.41 Å². The highest BCUT2D eigenvalue weighted by molar-refractivity contribution is 5.96. The molecule has 1 rings (SSSR count). The second kappa shape index (κ2) is 4.80. The van der Waals surface area contributed by atoms with Gasteiger partial charge >= 0.3 is 0 Å². The Morgan fingerprint density at radius 2 is 1.94 bits per heavy atom. The summed E-state index contributed by atoms with van der Waals surface area (Å²) >= 11 is 0. The van der Waals surface area contributed by atoms with E-state index in [-0.39, 0.29) is 5.91 Å². The van der Waals surface area contributed by atoms with Crippen molar-refractivity contribution < 1.29 is 4.79 Å². The van der Waals surface area contributed by atoms with E-state index in [1.165, 1.54) is 5.56 Å². The fourth-order valence-electron chi connectivity index (χ4n) is 1.16. The van der Waals surface area contributed by atoms with Gasteiger partial charge in [0, 0.05) is 5.69 Å². The molecule has 0 atom stereocenters. The number of hydrogen-bond donors (Lipinski definition) is 1. The van der Waals surface area contributed by atoms with Crippen molar-refractivity contribution in [2.24, 2.45) is 5.41 Å². The van der Waals surface area contributed by atoms with Gasteiger partial charge in [-0.1, -0.05) is 19.1 Å². The highest BCUT2D eigenvalue weighted by Gasteiger charge is 2.27. The van der Waals surface area contributed by atoms with Crippen molar-refractivity contribution >= 4 is 11.6 Å². The molecule has 1 aromatic rings. The molecule has 3 heteroatoms. The minimum Gasteiger partial charge on any atom is -0.325 e. The summed E-state index contributed by atoms with van der Waals surface area (Å²) in [4.78, 5) is 11.7. The fourth-order valence-corrected chi connectivity index (χ4v) is 1.16. The first-order chi connectivity index (χ1) is 7.49. The number of benzene rings is 1. The molecule has 1 N–H and O–H groups in total. The number of nitriles is 1. The molecule has 3 nitrogen and oxygen atoms in total. The van der Waals surface area contributed by atoms with Gasteiger partial charge in [0.15, 0.2) is 0 Å². The lowest BCUT2D eigenvalue weighted by Crippen LogP contribution is -2.29. The Labute approximate surface area is 96.1 Å². The van der Waals surface area contributed by atoms with Crippen LogP contribution in [0.3, 0.4) is 0 Å². The van der Waals surface area contributed by atoms with E-state index in [1.54, 1.807) is 13.8 Å². The molecule has 0 spiro atoms. The van der Waals surface area contributed by atoms with Crippen molar-refractivity contribution in [1.82, 2.24) is 0 Å². The number of nitrogens with zero attached hydrogens (tertiary/aromatic N) is 1. The summed E-state index contributed by atoms with van der Waals surface area (Å²) in [6, 6.07) is 9.61. The van der Waals surface area contributed by atoms with Crippen LogP contribution in [0.25, 0.3) is 0 Å². The zero-order chi connectivity index (χ0) is 12.2. The second-order valence-electron chi connectivity index (χ2n) is 4.24. The van der Waals surface area contributed by atoms with Crippen LogP contribution >= 0.6 is 0 Å². The van der Waals surface area contributed by atoms with Gasteiger partial charge in [0.2, 0.25) is 5.91 Å². The van der Waals surface area contributed by atoms with Crippen molar-refractivity contribution in [3.63, 3.8) is 0 Å². The zero-order valence-electron chi connectivity index (χ0n) is 9.87. The minimum absolute atomic E-state index is 0.278. The molecule has 1 amide bonds. The quantitative estimate of drug-likeness (QED) is 0.844. The van der Waals surface area contributed by atoms with E-state index in [1.807, 2.05) is 30.3 Å². The van der Waals surface area contributed by atoms with Gasteiger partial charge in [0.1, 0.15) is 5.41 Å². The van der Waals surface area contributed by atoms with E-state index in [4.69, 9.17) is 5.26 Å². The lowest BCUT2D eigenvalue weighted by atomic mass is 9.94. The standard InChI is InChI=1S/C13H16N2O/c1-4-10-5-7-11(8-6-10)15-12(16)13(2,3)9-14/h5-8H,4H2,1-3H3,(H,15,16). The van der Waals surface area contributed by atoms with Crippen molar-refractivity contribution in [3.05, 3.63) is 29.8 Å². The Kier molecular flexibility index (Phi) is 3.68. The molecule has 0 heterocycles. The van der Waals surface area contributed by atoms with Gasteiger partial charge in [0.05, 0.1) is 6.07 Å². The maximum absolute atomic E-state index is 11.7. The highest BCUT2D eigenvalue weighted by atomic mass is 16.2. The van der Waals surface area contributed by atoms with Crippen molar-refractivity contribution in [2.45, 2.75) is 27.2 Å². The van der Waals surface area contributed by atoms with Gasteiger partial charge in [-0.05, 0) is 38.0 Å². The second-order valence-corrected chi connectivity index (χ2v) is 4.24. The molecule has 0 unspecified atom stereocenters. The molecule has 0 aliphatic carbocycles. The van der Waals surface area contributed by atoms with E-state index in [9.17, 15) is 4.79 Å². The molecule has 0 aromatic heterocycles. The third-order valence-electron chi connectivity index (χ3n) is 2.47. The van der Waals surface area contributed by atoms with Crippen molar-refractivity contribution in [2.75, 3.05) is 5.32 Å². The molecule has 0 aliphatic rings. The third-order valence-corrected chi connectivity index (χ3v) is 2.47. The summed E-state index contributed by atoms with van der Waals surface area (Å²) in [7, 11) is 0. The summed E-state index contributed by atoms with van der Waals surface area (Å²) in [6.45, 7) is 5.28. The molecule has 0 saturated carbocycles. The number of carbonyl (C=O) groups excluding carboxylic acids is 1. The smallest absolute Gasteiger partial charge is 0.244 e. The van der Waals surface area contributed by atoms with Crippen LogP contribution in [0, 0.1) is 16.7 Å². The average Bonchev–Trinajstić information content (AvgIpc) is 2.30. The average molecular weight is 216 g/mol. The zero-order valence-corrected chi connectivity index (χ0v) is 9.87. The molecule has 0 radical (unpaired) electrons.